The molecule has 0 radical (unpaired) electrons. The Bertz CT molecular complexity index is 866. The van der Waals surface area contributed by atoms with Gasteiger partial charge in [-0.05, 0) is 24.5 Å². The van der Waals surface area contributed by atoms with Gasteiger partial charge in [-0.15, -0.1) is 0 Å². The van der Waals surface area contributed by atoms with Crippen LogP contribution in [0, 0.1) is 5.92 Å². The first-order valence-corrected chi connectivity index (χ1v) is 9.92. The van der Waals surface area contributed by atoms with Crippen molar-refractivity contribution in [3.63, 3.8) is 0 Å². The SMILES string of the molecule is O=C(COc1ccc(Cl)c2ccccc12)NC[C@H]1CCS(=O)(=O)C1. The quantitative estimate of drug-likeness (QED) is 0.880. The van der Waals surface area contributed by atoms with Crippen LogP contribution in [-0.4, -0.2) is 39.0 Å². The van der Waals surface area contributed by atoms with Crippen molar-refractivity contribution in [3.05, 3.63) is 41.4 Å². The van der Waals surface area contributed by atoms with E-state index in [-0.39, 0.29) is 29.9 Å². The van der Waals surface area contributed by atoms with Gasteiger partial charge in [0.05, 0.1) is 11.5 Å². The Morgan fingerprint density at radius 2 is 1.96 bits per heavy atom. The van der Waals surface area contributed by atoms with Gasteiger partial charge in [-0.1, -0.05) is 35.9 Å². The molecule has 1 N–H and O–H groups in total. The van der Waals surface area contributed by atoms with Gasteiger partial charge < -0.3 is 10.1 Å². The summed E-state index contributed by atoms with van der Waals surface area (Å²) in [6, 6.07) is 11.0. The van der Waals surface area contributed by atoms with Gasteiger partial charge in [0.15, 0.2) is 16.4 Å². The minimum absolute atomic E-state index is 0.00434. The molecule has 1 fully saturated rings. The first-order chi connectivity index (χ1) is 11.4. The van der Waals surface area contributed by atoms with Crippen LogP contribution >= 0.6 is 11.6 Å². The Labute approximate surface area is 145 Å². The molecule has 1 heterocycles. The molecule has 5 nitrogen and oxygen atoms in total. The number of sulfone groups is 1. The fraction of sp³-hybridized carbons (Fsp3) is 0.353. The molecule has 7 heteroatoms. The molecule has 0 saturated carbocycles. The molecule has 0 aliphatic carbocycles. The highest BCUT2D eigenvalue weighted by atomic mass is 35.5. The molecular weight excluding hydrogens is 350 g/mol. The average Bonchev–Trinajstić information content (AvgIpc) is 2.92. The highest BCUT2D eigenvalue weighted by Crippen LogP contribution is 2.31. The molecule has 0 spiro atoms. The van der Waals surface area contributed by atoms with E-state index >= 15 is 0 Å². The van der Waals surface area contributed by atoms with E-state index in [0.29, 0.717) is 23.7 Å². The van der Waals surface area contributed by atoms with Crippen molar-refractivity contribution >= 4 is 38.1 Å². The van der Waals surface area contributed by atoms with Gasteiger partial charge in [0, 0.05) is 22.3 Å². The Morgan fingerprint density at radius 3 is 2.67 bits per heavy atom. The van der Waals surface area contributed by atoms with Crippen molar-refractivity contribution in [2.75, 3.05) is 24.7 Å². The highest BCUT2D eigenvalue weighted by Gasteiger charge is 2.27. The number of nitrogens with one attached hydrogen (secondary N) is 1. The molecule has 1 aliphatic rings. The van der Waals surface area contributed by atoms with Gasteiger partial charge in [0.25, 0.3) is 5.91 Å². The van der Waals surface area contributed by atoms with E-state index in [1.807, 2.05) is 24.3 Å². The maximum absolute atomic E-state index is 11.9. The molecule has 0 bridgehead atoms. The van der Waals surface area contributed by atoms with Crippen molar-refractivity contribution in [2.24, 2.45) is 5.92 Å². The molecule has 0 aromatic heterocycles. The molecule has 24 heavy (non-hydrogen) atoms. The summed E-state index contributed by atoms with van der Waals surface area (Å²) in [4.78, 5) is 11.9. The first kappa shape index (κ1) is 17.0. The van der Waals surface area contributed by atoms with Crippen molar-refractivity contribution in [1.29, 1.82) is 0 Å². The molecule has 1 aliphatic heterocycles. The molecule has 1 atom stereocenters. The third kappa shape index (κ3) is 3.99. The number of ether oxygens (including phenoxy) is 1. The van der Waals surface area contributed by atoms with Gasteiger partial charge in [-0.3, -0.25) is 4.79 Å². The predicted octanol–water partition coefficient (Wildman–Crippen LogP) is 2.42. The number of benzene rings is 2. The average molecular weight is 368 g/mol. The van der Waals surface area contributed by atoms with Crippen LogP contribution in [0.1, 0.15) is 6.42 Å². The van der Waals surface area contributed by atoms with Gasteiger partial charge >= 0.3 is 0 Å². The first-order valence-electron chi connectivity index (χ1n) is 7.72. The zero-order chi connectivity index (χ0) is 17.2. The Morgan fingerprint density at radius 1 is 1.21 bits per heavy atom. The minimum atomic E-state index is -2.92. The normalized spacial score (nSPS) is 19.3. The molecule has 2 aromatic rings. The van der Waals surface area contributed by atoms with E-state index in [1.165, 1.54) is 0 Å². The predicted molar refractivity (Wildman–Crippen MR) is 94.2 cm³/mol. The number of hydrogen-bond donors (Lipinski definition) is 1. The van der Waals surface area contributed by atoms with Crippen LogP contribution in [0.2, 0.25) is 5.02 Å². The fourth-order valence-corrected chi connectivity index (χ4v) is 4.94. The van der Waals surface area contributed by atoms with E-state index < -0.39 is 9.84 Å². The number of halogens is 1. The smallest absolute Gasteiger partial charge is 0.257 e. The second-order valence-electron chi connectivity index (χ2n) is 5.95. The molecule has 3 rings (SSSR count). The summed E-state index contributed by atoms with van der Waals surface area (Å²) in [5.74, 6) is 0.679. The molecule has 0 unspecified atom stereocenters. The summed E-state index contributed by atoms with van der Waals surface area (Å²) in [6.45, 7) is 0.244. The standard InChI is InChI=1S/C17H18ClNO4S/c18-15-5-6-16(14-4-2-1-3-13(14)15)23-10-17(20)19-9-12-7-8-24(21,22)11-12/h1-6,12H,7-11H2,(H,19,20)/t12-/m1/s1. The van der Waals surface area contributed by atoms with Crippen molar-refractivity contribution in [1.82, 2.24) is 5.32 Å². The number of fused-ring (bicyclic) bond motifs is 1. The monoisotopic (exact) mass is 367 g/mol. The lowest BCUT2D eigenvalue weighted by molar-refractivity contribution is -0.123. The zero-order valence-electron chi connectivity index (χ0n) is 13.0. The van der Waals surface area contributed by atoms with Crippen LogP contribution in [0.4, 0.5) is 0 Å². The Hall–Kier alpha value is -1.79. The minimum Gasteiger partial charge on any atom is -0.483 e. The third-order valence-corrected chi connectivity index (χ3v) is 6.27. The lowest BCUT2D eigenvalue weighted by Gasteiger charge is -2.12. The summed E-state index contributed by atoms with van der Waals surface area (Å²) in [5, 5.41) is 5.08. The highest BCUT2D eigenvalue weighted by molar-refractivity contribution is 7.91. The van der Waals surface area contributed by atoms with E-state index in [1.54, 1.807) is 12.1 Å². The largest absolute Gasteiger partial charge is 0.483 e. The topological polar surface area (TPSA) is 72.5 Å². The van der Waals surface area contributed by atoms with Crippen LogP contribution in [0.3, 0.4) is 0 Å². The molecule has 128 valence electrons. The summed E-state index contributed by atoms with van der Waals surface area (Å²) < 4.78 is 28.4. The maximum Gasteiger partial charge on any atom is 0.257 e. The number of carbonyl (C=O) groups excluding carboxylic acids is 1. The van der Waals surface area contributed by atoms with Gasteiger partial charge in [-0.2, -0.15) is 0 Å². The summed E-state index contributed by atoms with van der Waals surface area (Å²) in [7, 11) is -2.92. The van der Waals surface area contributed by atoms with Crippen LogP contribution in [0.25, 0.3) is 10.8 Å². The molecule has 2 aromatic carbocycles. The number of rotatable bonds is 5. The van der Waals surface area contributed by atoms with Gasteiger partial charge in [-0.25, -0.2) is 8.42 Å². The van der Waals surface area contributed by atoms with Crippen molar-refractivity contribution < 1.29 is 17.9 Å². The Balaban J connectivity index is 1.56. The van der Waals surface area contributed by atoms with E-state index in [4.69, 9.17) is 16.3 Å². The summed E-state index contributed by atoms with van der Waals surface area (Å²) >= 11 is 6.15. The maximum atomic E-state index is 11.9. The second-order valence-corrected chi connectivity index (χ2v) is 8.59. The molecular formula is C17H18ClNO4S. The number of amides is 1. The number of carbonyl (C=O) groups is 1. The van der Waals surface area contributed by atoms with Crippen LogP contribution in [-0.2, 0) is 14.6 Å². The summed E-state index contributed by atoms with van der Waals surface area (Å²) in [6.07, 6.45) is 0.602. The number of hydrogen-bond acceptors (Lipinski definition) is 4. The summed E-state index contributed by atoms with van der Waals surface area (Å²) in [5.41, 5.74) is 0. The van der Waals surface area contributed by atoms with E-state index in [0.717, 1.165) is 10.8 Å². The van der Waals surface area contributed by atoms with Crippen molar-refractivity contribution in [3.8, 4) is 5.75 Å². The van der Waals surface area contributed by atoms with E-state index in [9.17, 15) is 13.2 Å². The fourth-order valence-electron chi connectivity index (χ4n) is 2.85. The van der Waals surface area contributed by atoms with Crippen molar-refractivity contribution in [2.45, 2.75) is 6.42 Å². The lowest BCUT2D eigenvalue weighted by Crippen LogP contribution is -2.33. The molecule has 1 saturated heterocycles. The lowest BCUT2D eigenvalue weighted by atomic mass is 10.1. The van der Waals surface area contributed by atoms with Gasteiger partial charge in [0.1, 0.15) is 5.75 Å². The third-order valence-electron chi connectivity index (χ3n) is 4.10. The van der Waals surface area contributed by atoms with Crippen LogP contribution in [0.15, 0.2) is 36.4 Å². The Kier molecular flexibility index (Phi) is 4.96. The molecule has 1 amide bonds. The van der Waals surface area contributed by atoms with Gasteiger partial charge in [0.2, 0.25) is 0 Å². The second kappa shape index (κ2) is 6.99. The van der Waals surface area contributed by atoms with Crippen LogP contribution < -0.4 is 10.1 Å². The zero-order valence-corrected chi connectivity index (χ0v) is 14.6. The van der Waals surface area contributed by atoms with Crippen LogP contribution in [0.5, 0.6) is 5.75 Å². The van der Waals surface area contributed by atoms with E-state index in [2.05, 4.69) is 5.32 Å².